The Morgan fingerprint density at radius 3 is 1.30 bits per heavy atom. The van der Waals surface area contributed by atoms with Gasteiger partial charge in [-0.25, -0.2) is 4.57 Å². The summed E-state index contributed by atoms with van der Waals surface area (Å²) in [5.41, 5.74) is -21.5. The zero-order valence-corrected chi connectivity index (χ0v) is 34.7. The van der Waals surface area contributed by atoms with E-state index in [0.29, 0.717) is 0 Å². The number of hydrogen-bond acceptors (Lipinski definition) is 7. The molecule has 0 saturated carbocycles. The summed E-state index contributed by atoms with van der Waals surface area (Å²) in [4.78, 5) is 55.3. The second kappa shape index (κ2) is 15.0. The van der Waals surface area contributed by atoms with E-state index in [9.17, 15) is 82.1 Å². The molecular formula is C42H41F12N3O6. The molecule has 0 aliphatic heterocycles. The van der Waals surface area contributed by atoms with Gasteiger partial charge < -0.3 is 15.9 Å². The van der Waals surface area contributed by atoms with Gasteiger partial charge in [0, 0.05) is 17.2 Å². The smallest absolute Gasteiger partial charge is 0.369 e. The highest BCUT2D eigenvalue weighted by Crippen LogP contribution is 2.55. The first-order chi connectivity index (χ1) is 28.4. The first-order valence-electron chi connectivity index (χ1n) is 19.1. The lowest BCUT2D eigenvalue weighted by Crippen LogP contribution is -2.55. The number of benzene rings is 3. The molecule has 2 unspecified atom stereocenters. The number of nitrogens with two attached hydrogens (primary N) is 1. The van der Waals surface area contributed by atoms with Crippen LogP contribution in [-0.2, 0) is 28.6 Å². The van der Waals surface area contributed by atoms with Crippen molar-refractivity contribution in [2.24, 2.45) is 5.73 Å². The van der Waals surface area contributed by atoms with E-state index in [1.54, 1.807) is 6.92 Å². The Balaban J connectivity index is 1.89. The van der Waals surface area contributed by atoms with Crippen LogP contribution < -0.4 is 28.0 Å². The van der Waals surface area contributed by atoms with Crippen LogP contribution in [0.25, 0.3) is 27.2 Å². The Morgan fingerprint density at radius 2 is 0.937 bits per heavy atom. The fraction of sp³-hybridized carbons (Fsp3) is 0.476. The number of hydrogen-bond donors (Lipinski definition) is 3. The van der Waals surface area contributed by atoms with Crippen molar-refractivity contribution in [3.05, 3.63) is 117 Å². The number of aromatic nitrogens is 2. The quantitative estimate of drug-likeness (QED) is 0.121. The molecule has 2 heterocycles. The van der Waals surface area contributed by atoms with Gasteiger partial charge in [-0.2, -0.15) is 52.7 Å². The van der Waals surface area contributed by atoms with Crippen molar-refractivity contribution in [3.8, 4) is 5.69 Å². The second-order valence-electron chi connectivity index (χ2n) is 16.8. The molecule has 0 spiro atoms. The van der Waals surface area contributed by atoms with Crippen LogP contribution in [0, 0.1) is 13.8 Å². The van der Waals surface area contributed by atoms with Gasteiger partial charge in [-0.3, -0.25) is 23.7 Å². The lowest BCUT2D eigenvalue weighted by molar-refractivity contribution is -0.377. The minimum absolute atomic E-state index is 0.0515. The van der Waals surface area contributed by atoms with Gasteiger partial charge in [0.2, 0.25) is 0 Å². The maximum Gasteiger partial charge on any atom is 0.430 e. The van der Waals surface area contributed by atoms with Crippen molar-refractivity contribution in [1.29, 1.82) is 0 Å². The summed E-state index contributed by atoms with van der Waals surface area (Å²) in [6.45, 7) is 10.5. The standard InChI is InChI=1S/C42H41F12N3O6/c1-9-35(6,7)29-18(3)11-21(14-27(29)37(62,39(43,44)45)40(46,47)48)13-22-12-19(4)30(28(15-22)38(63,41(49,50)51)42(52,53)54)56-31(58)23-16-25-26(17-24(23)32(56)59)34(61)57(33(25)60)36(8,10-2)20(5)55/h11-12,14-17,20,62-63H,9-10,13,55H2,1-8H3. The Kier molecular flexibility index (Phi) is 11.7. The average molecular weight is 912 g/mol. The fourth-order valence-electron chi connectivity index (χ4n) is 8.35. The number of rotatable bonds is 10. The molecule has 3 aromatic carbocycles. The minimum Gasteiger partial charge on any atom is -0.369 e. The summed E-state index contributed by atoms with van der Waals surface area (Å²) in [7, 11) is 0. The summed E-state index contributed by atoms with van der Waals surface area (Å²) in [5, 5.41) is 19.1. The van der Waals surface area contributed by atoms with Gasteiger partial charge in [0.05, 0.1) is 32.8 Å². The SMILES string of the molecule is CCC(C)(C)c1c(C)cc(Cc2cc(C)c(-n3c(=O)c4cc5c(=O)n(C(C)(CC)C(C)N)c(=O)c5cc4c3=O)c(C(O)(C(F)(F)F)C(F)(F)F)c2)cc1C(O)(C(F)(F)F)C(F)(F)F. The van der Waals surface area contributed by atoms with Gasteiger partial charge in [0.15, 0.2) is 0 Å². The Morgan fingerprint density at radius 1 is 0.571 bits per heavy atom. The van der Waals surface area contributed by atoms with Gasteiger partial charge in [0.1, 0.15) is 0 Å². The van der Waals surface area contributed by atoms with Crippen molar-refractivity contribution in [2.45, 2.75) is 128 Å². The number of halogens is 12. The summed E-state index contributed by atoms with van der Waals surface area (Å²) >= 11 is 0. The van der Waals surface area contributed by atoms with E-state index >= 15 is 0 Å². The molecule has 0 saturated heterocycles. The fourth-order valence-corrected chi connectivity index (χ4v) is 8.35. The van der Waals surface area contributed by atoms with Crippen LogP contribution in [0.3, 0.4) is 0 Å². The molecule has 2 aromatic heterocycles. The largest absolute Gasteiger partial charge is 0.430 e. The lowest BCUT2D eigenvalue weighted by Gasteiger charge is -2.38. The van der Waals surface area contributed by atoms with Crippen LogP contribution in [-0.4, -0.2) is 50.1 Å². The molecule has 344 valence electrons. The number of aryl methyl sites for hydroxylation is 2. The van der Waals surface area contributed by atoms with Crippen molar-refractivity contribution in [2.75, 3.05) is 0 Å². The van der Waals surface area contributed by atoms with E-state index < -0.39 is 142 Å². The van der Waals surface area contributed by atoms with Crippen LogP contribution >= 0.6 is 0 Å². The summed E-state index contributed by atoms with van der Waals surface area (Å²) in [6, 6.07) is 2.90. The number of alkyl halides is 12. The van der Waals surface area contributed by atoms with E-state index in [2.05, 4.69) is 0 Å². The van der Waals surface area contributed by atoms with Gasteiger partial charge >= 0.3 is 24.7 Å². The van der Waals surface area contributed by atoms with Crippen LogP contribution in [0.5, 0.6) is 0 Å². The van der Waals surface area contributed by atoms with Gasteiger partial charge in [-0.1, -0.05) is 45.9 Å². The van der Waals surface area contributed by atoms with E-state index in [1.807, 2.05) is 0 Å². The number of nitrogens with zero attached hydrogens (tertiary/aromatic N) is 2. The Hall–Kier alpha value is -5.02. The summed E-state index contributed by atoms with van der Waals surface area (Å²) in [6.07, 6.45) is -27.1. The molecule has 0 aliphatic carbocycles. The van der Waals surface area contributed by atoms with Gasteiger partial charge in [0.25, 0.3) is 33.4 Å². The maximum atomic E-state index is 14.7. The molecule has 0 aliphatic rings. The average Bonchev–Trinajstić information content (AvgIpc) is 3.53. The Bertz CT molecular complexity index is 2750. The molecule has 0 radical (unpaired) electrons. The van der Waals surface area contributed by atoms with E-state index in [0.717, 1.165) is 42.7 Å². The highest BCUT2D eigenvalue weighted by Gasteiger charge is 2.73. The minimum atomic E-state index is -6.67. The first kappa shape index (κ1) is 49.0. The van der Waals surface area contributed by atoms with Gasteiger partial charge in [-0.05, 0) is 98.4 Å². The summed E-state index contributed by atoms with van der Waals surface area (Å²) < 4.78 is 175. The van der Waals surface area contributed by atoms with Crippen molar-refractivity contribution in [3.63, 3.8) is 0 Å². The maximum absolute atomic E-state index is 14.7. The normalized spacial score (nSPS) is 15.4. The van der Waals surface area contributed by atoms with E-state index in [-0.39, 0.29) is 35.1 Å². The molecule has 0 fully saturated rings. The molecule has 21 heteroatoms. The molecule has 9 nitrogen and oxygen atoms in total. The molecular weight excluding hydrogens is 870 g/mol. The molecule has 2 atom stereocenters. The van der Waals surface area contributed by atoms with Crippen molar-refractivity contribution >= 4 is 21.5 Å². The van der Waals surface area contributed by atoms with Crippen LogP contribution in [0.4, 0.5) is 52.7 Å². The zero-order valence-electron chi connectivity index (χ0n) is 34.7. The van der Waals surface area contributed by atoms with Gasteiger partial charge in [-0.15, -0.1) is 0 Å². The Labute approximate surface area is 349 Å². The lowest BCUT2D eigenvalue weighted by atomic mass is 9.72. The summed E-state index contributed by atoms with van der Waals surface area (Å²) in [5.74, 6) is 0. The third kappa shape index (κ3) is 7.17. The molecule has 63 heavy (non-hydrogen) atoms. The second-order valence-corrected chi connectivity index (χ2v) is 16.8. The predicted octanol–water partition coefficient (Wildman–Crippen LogP) is 7.89. The first-order valence-corrected chi connectivity index (χ1v) is 19.1. The molecule has 5 rings (SSSR count). The highest BCUT2D eigenvalue weighted by atomic mass is 19.4. The van der Waals surface area contributed by atoms with E-state index in [1.165, 1.54) is 34.6 Å². The molecule has 0 amide bonds. The van der Waals surface area contributed by atoms with Crippen LogP contribution in [0.15, 0.2) is 55.6 Å². The third-order valence-corrected chi connectivity index (χ3v) is 12.5. The zero-order chi connectivity index (χ0) is 48.3. The number of aliphatic hydroxyl groups is 2. The van der Waals surface area contributed by atoms with Crippen molar-refractivity contribution < 1.29 is 62.9 Å². The topological polar surface area (TPSA) is 145 Å². The molecule has 0 bridgehead atoms. The monoisotopic (exact) mass is 911 g/mol. The number of fused-ring (bicyclic) bond motifs is 2. The van der Waals surface area contributed by atoms with Crippen molar-refractivity contribution in [1.82, 2.24) is 9.13 Å². The molecule has 4 N–H and O–H groups in total. The van der Waals surface area contributed by atoms with Crippen LogP contribution in [0.1, 0.15) is 93.3 Å². The highest BCUT2D eigenvalue weighted by molar-refractivity contribution is 5.98. The molecule has 5 aromatic rings. The predicted molar refractivity (Wildman–Crippen MR) is 208 cm³/mol. The third-order valence-electron chi connectivity index (χ3n) is 12.5. The van der Waals surface area contributed by atoms with E-state index in [4.69, 9.17) is 5.73 Å². The van der Waals surface area contributed by atoms with Crippen LogP contribution in [0.2, 0.25) is 0 Å².